The van der Waals surface area contributed by atoms with Crippen molar-refractivity contribution in [2.45, 2.75) is 6.04 Å². The van der Waals surface area contributed by atoms with Gasteiger partial charge in [0.05, 0.1) is 11.7 Å². The van der Waals surface area contributed by atoms with Crippen LogP contribution in [0.1, 0.15) is 11.6 Å². The standard InChI is InChI=1S/C16H14N2O/c1-2-6-13(7-3-1)18-10-12-11-19-15-9-5-4-8-14(15)16(12)17-18/h1-10,16-17H,11H2. The van der Waals surface area contributed by atoms with Crippen molar-refractivity contribution in [3.63, 3.8) is 0 Å². The molecular formula is C16H14N2O. The van der Waals surface area contributed by atoms with Crippen LogP contribution >= 0.6 is 0 Å². The van der Waals surface area contributed by atoms with Gasteiger partial charge in [-0.05, 0) is 18.2 Å². The summed E-state index contributed by atoms with van der Waals surface area (Å²) in [6, 6.07) is 18.7. The molecule has 2 aliphatic heterocycles. The van der Waals surface area contributed by atoms with Crippen LogP contribution in [0.25, 0.3) is 0 Å². The summed E-state index contributed by atoms with van der Waals surface area (Å²) in [6.07, 6.45) is 2.13. The van der Waals surface area contributed by atoms with Crippen LogP contribution in [-0.4, -0.2) is 6.61 Å². The average Bonchev–Trinajstić information content (AvgIpc) is 2.93. The number of nitrogens with zero attached hydrogens (tertiary/aromatic N) is 1. The van der Waals surface area contributed by atoms with Gasteiger partial charge < -0.3 is 4.74 Å². The Bertz CT molecular complexity index is 636. The summed E-state index contributed by atoms with van der Waals surface area (Å²) < 4.78 is 5.79. The van der Waals surface area contributed by atoms with Crippen LogP contribution in [0.4, 0.5) is 5.69 Å². The Balaban J connectivity index is 1.70. The van der Waals surface area contributed by atoms with Crippen molar-refractivity contribution >= 4 is 5.69 Å². The lowest BCUT2D eigenvalue weighted by molar-refractivity contribution is 0.316. The Labute approximate surface area is 112 Å². The molecule has 0 radical (unpaired) electrons. The van der Waals surface area contributed by atoms with Crippen molar-refractivity contribution in [1.29, 1.82) is 0 Å². The number of hydrogen-bond acceptors (Lipinski definition) is 3. The number of benzene rings is 2. The maximum atomic E-state index is 5.79. The van der Waals surface area contributed by atoms with Gasteiger partial charge in [-0.25, -0.2) is 5.43 Å². The van der Waals surface area contributed by atoms with Gasteiger partial charge in [-0.2, -0.15) is 0 Å². The molecule has 0 spiro atoms. The first kappa shape index (κ1) is 10.6. The number of hydrazine groups is 1. The maximum absolute atomic E-state index is 5.79. The molecule has 1 atom stereocenters. The van der Waals surface area contributed by atoms with E-state index in [1.54, 1.807) is 0 Å². The second-order valence-corrected chi connectivity index (χ2v) is 4.80. The first-order chi connectivity index (χ1) is 9.42. The molecule has 0 saturated carbocycles. The summed E-state index contributed by atoms with van der Waals surface area (Å²) in [6.45, 7) is 0.651. The quantitative estimate of drug-likeness (QED) is 0.842. The summed E-state index contributed by atoms with van der Waals surface area (Å²) in [5.41, 5.74) is 7.14. The van der Waals surface area contributed by atoms with Crippen molar-refractivity contribution in [1.82, 2.24) is 5.43 Å². The topological polar surface area (TPSA) is 24.5 Å². The average molecular weight is 250 g/mol. The van der Waals surface area contributed by atoms with E-state index in [-0.39, 0.29) is 6.04 Å². The predicted molar refractivity (Wildman–Crippen MR) is 74.8 cm³/mol. The summed E-state index contributed by atoms with van der Waals surface area (Å²) in [4.78, 5) is 0. The van der Waals surface area contributed by atoms with E-state index in [1.807, 2.05) is 30.3 Å². The lowest BCUT2D eigenvalue weighted by atomic mass is 9.98. The number of rotatable bonds is 1. The normalized spacial score (nSPS) is 20.3. The lowest BCUT2D eigenvalue weighted by Gasteiger charge is -2.26. The van der Waals surface area contributed by atoms with E-state index in [4.69, 9.17) is 4.74 Å². The van der Waals surface area contributed by atoms with Gasteiger partial charge >= 0.3 is 0 Å². The molecule has 0 bridgehead atoms. The third kappa shape index (κ3) is 1.71. The van der Waals surface area contributed by atoms with Crippen LogP contribution in [0.5, 0.6) is 5.75 Å². The highest BCUT2D eigenvalue weighted by Gasteiger charge is 2.31. The van der Waals surface area contributed by atoms with Crippen LogP contribution in [0.3, 0.4) is 0 Å². The van der Waals surface area contributed by atoms with E-state index in [0.29, 0.717) is 6.61 Å². The highest BCUT2D eigenvalue weighted by atomic mass is 16.5. The predicted octanol–water partition coefficient (Wildman–Crippen LogP) is 3.03. The maximum Gasteiger partial charge on any atom is 0.124 e. The smallest absolute Gasteiger partial charge is 0.124 e. The molecule has 0 fully saturated rings. The summed E-state index contributed by atoms with van der Waals surface area (Å²) >= 11 is 0. The van der Waals surface area contributed by atoms with Gasteiger partial charge in [-0.3, -0.25) is 5.01 Å². The lowest BCUT2D eigenvalue weighted by Crippen LogP contribution is -2.32. The fourth-order valence-electron chi connectivity index (χ4n) is 2.64. The minimum absolute atomic E-state index is 0.227. The minimum Gasteiger partial charge on any atom is -0.489 e. The first-order valence-electron chi connectivity index (χ1n) is 6.44. The summed E-state index contributed by atoms with van der Waals surface area (Å²) in [5.74, 6) is 0.979. The van der Waals surface area contributed by atoms with E-state index in [2.05, 4.69) is 40.9 Å². The third-order valence-electron chi connectivity index (χ3n) is 3.59. The van der Waals surface area contributed by atoms with Gasteiger partial charge in [0.15, 0.2) is 0 Å². The fourth-order valence-corrected chi connectivity index (χ4v) is 2.64. The van der Waals surface area contributed by atoms with Crippen LogP contribution in [0.2, 0.25) is 0 Å². The molecule has 1 unspecified atom stereocenters. The highest BCUT2D eigenvalue weighted by molar-refractivity contribution is 5.54. The van der Waals surface area contributed by atoms with Crippen molar-refractivity contribution in [3.05, 3.63) is 71.9 Å². The molecule has 19 heavy (non-hydrogen) atoms. The fraction of sp³-hybridized carbons (Fsp3) is 0.125. The molecule has 1 N–H and O–H groups in total. The molecule has 0 amide bonds. The molecular weight excluding hydrogens is 236 g/mol. The summed E-state index contributed by atoms with van der Waals surface area (Å²) in [7, 11) is 0. The second kappa shape index (κ2) is 4.14. The zero-order valence-corrected chi connectivity index (χ0v) is 10.4. The van der Waals surface area contributed by atoms with E-state index in [1.165, 1.54) is 11.1 Å². The molecule has 94 valence electrons. The third-order valence-corrected chi connectivity index (χ3v) is 3.59. The number of hydrogen-bond donors (Lipinski definition) is 1. The molecule has 2 aliphatic rings. The second-order valence-electron chi connectivity index (χ2n) is 4.80. The van der Waals surface area contributed by atoms with Gasteiger partial charge in [-0.1, -0.05) is 36.4 Å². The van der Waals surface area contributed by atoms with Gasteiger partial charge in [0.2, 0.25) is 0 Å². The van der Waals surface area contributed by atoms with Crippen LogP contribution in [0, 0.1) is 0 Å². The van der Waals surface area contributed by atoms with Gasteiger partial charge in [0.1, 0.15) is 12.4 Å². The van der Waals surface area contributed by atoms with Crippen molar-refractivity contribution in [2.24, 2.45) is 0 Å². The Morgan fingerprint density at radius 2 is 1.79 bits per heavy atom. The molecule has 2 aromatic carbocycles. The Morgan fingerprint density at radius 1 is 1.00 bits per heavy atom. The van der Waals surface area contributed by atoms with Gasteiger partial charge in [-0.15, -0.1) is 0 Å². The number of nitrogens with one attached hydrogen (secondary N) is 1. The molecule has 3 heteroatoms. The molecule has 2 aromatic rings. The van der Waals surface area contributed by atoms with E-state index in [9.17, 15) is 0 Å². The Hall–Kier alpha value is -2.26. The molecule has 4 rings (SSSR count). The van der Waals surface area contributed by atoms with Crippen molar-refractivity contribution in [2.75, 3.05) is 11.6 Å². The van der Waals surface area contributed by atoms with E-state index < -0.39 is 0 Å². The molecule has 2 heterocycles. The molecule has 0 saturated heterocycles. The largest absolute Gasteiger partial charge is 0.489 e. The van der Waals surface area contributed by atoms with Gasteiger partial charge in [0.25, 0.3) is 0 Å². The van der Waals surface area contributed by atoms with Crippen LogP contribution in [0.15, 0.2) is 66.4 Å². The molecule has 3 nitrogen and oxygen atoms in total. The van der Waals surface area contributed by atoms with Crippen molar-refractivity contribution in [3.8, 4) is 5.75 Å². The van der Waals surface area contributed by atoms with Gasteiger partial charge in [0, 0.05) is 17.3 Å². The monoisotopic (exact) mass is 250 g/mol. The minimum atomic E-state index is 0.227. The number of ether oxygens (including phenoxy) is 1. The van der Waals surface area contributed by atoms with E-state index >= 15 is 0 Å². The summed E-state index contributed by atoms with van der Waals surface area (Å²) in [5, 5.41) is 2.07. The zero-order chi connectivity index (χ0) is 12.7. The molecule has 0 aliphatic carbocycles. The van der Waals surface area contributed by atoms with E-state index in [0.717, 1.165) is 11.4 Å². The highest BCUT2D eigenvalue weighted by Crippen LogP contribution is 2.38. The number of fused-ring (bicyclic) bond motifs is 3. The number of para-hydroxylation sites is 2. The zero-order valence-electron chi connectivity index (χ0n) is 10.4. The van der Waals surface area contributed by atoms with Crippen LogP contribution < -0.4 is 15.2 Å². The number of anilines is 1. The first-order valence-corrected chi connectivity index (χ1v) is 6.44. The Kier molecular flexibility index (Phi) is 2.32. The van der Waals surface area contributed by atoms with Crippen LogP contribution in [-0.2, 0) is 0 Å². The SMILES string of the molecule is C1=C2COc3ccccc3C2NN1c1ccccc1. The Morgan fingerprint density at radius 3 is 2.68 bits per heavy atom. The molecule has 0 aromatic heterocycles. The van der Waals surface area contributed by atoms with Crippen molar-refractivity contribution < 1.29 is 4.74 Å².